The standard InChI is InChI=1S/C27H27N3O4S/c1-19-13-14-21(16-25(19)35(32,33)28-17-20-8-3-2-4-9-20)27(31)30-15-7-10-22(18-30)26-29-23-11-5-6-12-24(23)34-26/h2-6,8-9,11-14,16,22,28H,7,10,15,17-18H2,1H3/t22-/m1/s1. The van der Waals surface area contributed by atoms with Crippen molar-refractivity contribution in [2.45, 2.75) is 37.1 Å². The Kier molecular flexibility index (Phi) is 6.40. The van der Waals surface area contributed by atoms with E-state index in [2.05, 4.69) is 9.71 Å². The van der Waals surface area contributed by atoms with Crippen LogP contribution < -0.4 is 4.72 Å². The second-order valence-corrected chi connectivity index (χ2v) is 10.6. The molecule has 2 heterocycles. The Balaban J connectivity index is 1.34. The summed E-state index contributed by atoms with van der Waals surface area (Å²) in [5, 5.41) is 0. The van der Waals surface area contributed by atoms with Crippen LogP contribution in [0.15, 0.2) is 82.1 Å². The molecule has 0 bridgehead atoms. The van der Waals surface area contributed by atoms with Crippen molar-refractivity contribution in [1.29, 1.82) is 0 Å². The van der Waals surface area contributed by atoms with Crippen molar-refractivity contribution >= 4 is 27.0 Å². The number of hydrogen-bond donors (Lipinski definition) is 1. The lowest BCUT2D eigenvalue weighted by atomic mass is 9.97. The fourth-order valence-electron chi connectivity index (χ4n) is 4.48. The van der Waals surface area contributed by atoms with E-state index in [1.54, 1.807) is 24.0 Å². The predicted octanol–water partition coefficient (Wildman–Crippen LogP) is 4.63. The number of sulfonamides is 1. The van der Waals surface area contributed by atoms with Gasteiger partial charge in [0.15, 0.2) is 11.5 Å². The zero-order chi connectivity index (χ0) is 24.4. The Morgan fingerprint density at radius 1 is 1.09 bits per heavy atom. The Morgan fingerprint density at radius 2 is 1.86 bits per heavy atom. The van der Waals surface area contributed by atoms with E-state index in [1.165, 1.54) is 6.07 Å². The number of oxazole rings is 1. The fourth-order valence-corrected chi connectivity index (χ4v) is 5.77. The first kappa shape index (κ1) is 23.3. The molecule has 1 saturated heterocycles. The second-order valence-electron chi connectivity index (χ2n) is 8.90. The number of hydrogen-bond acceptors (Lipinski definition) is 5. The first-order valence-electron chi connectivity index (χ1n) is 11.7. The molecular formula is C27H27N3O4S. The van der Waals surface area contributed by atoms with Gasteiger partial charge in [0.25, 0.3) is 5.91 Å². The molecule has 4 aromatic rings. The minimum absolute atomic E-state index is 0.00119. The summed E-state index contributed by atoms with van der Waals surface area (Å²) < 4.78 is 34.7. The van der Waals surface area contributed by atoms with Crippen molar-refractivity contribution < 1.29 is 17.6 Å². The van der Waals surface area contributed by atoms with Gasteiger partial charge in [0.05, 0.1) is 10.8 Å². The van der Waals surface area contributed by atoms with Crippen molar-refractivity contribution in [3.05, 3.63) is 95.4 Å². The highest BCUT2D eigenvalue weighted by atomic mass is 32.2. The molecule has 0 aliphatic carbocycles. The minimum atomic E-state index is -3.79. The van der Waals surface area contributed by atoms with Crippen LogP contribution in [-0.4, -0.2) is 37.3 Å². The summed E-state index contributed by atoms with van der Waals surface area (Å²) in [7, 11) is -3.79. The topological polar surface area (TPSA) is 92.5 Å². The van der Waals surface area contributed by atoms with E-state index in [9.17, 15) is 13.2 Å². The lowest BCUT2D eigenvalue weighted by Crippen LogP contribution is -2.39. The molecule has 7 nitrogen and oxygen atoms in total. The van der Waals surface area contributed by atoms with Gasteiger partial charge in [0, 0.05) is 25.2 Å². The fraction of sp³-hybridized carbons (Fsp3) is 0.259. The number of carbonyl (C=O) groups excluding carboxylic acids is 1. The first-order chi connectivity index (χ1) is 16.9. The maximum Gasteiger partial charge on any atom is 0.253 e. The molecule has 0 radical (unpaired) electrons. The van der Waals surface area contributed by atoms with Gasteiger partial charge in [0.1, 0.15) is 5.52 Å². The number of aromatic nitrogens is 1. The Hall–Kier alpha value is -3.49. The Morgan fingerprint density at radius 3 is 2.66 bits per heavy atom. The van der Waals surface area contributed by atoms with Crippen LogP contribution in [0.5, 0.6) is 0 Å². The molecule has 0 saturated carbocycles. The van der Waals surface area contributed by atoms with Crippen molar-refractivity contribution in [3.8, 4) is 0 Å². The van der Waals surface area contributed by atoms with Crippen molar-refractivity contribution in [2.75, 3.05) is 13.1 Å². The molecular weight excluding hydrogens is 462 g/mol. The van der Waals surface area contributed by atoms with Gasteiger partial charge in [-0.2, -0.15) is 0 Å². The largest absolute Gasteiger partial charge is 0.440 e. The number of amides is 1. The molecule has 0 spiro atoms. The molecule has 35 heavy (non-hydrogen) atoms. The molecule has 8 heteroatoms. The average Bonchev–Trinajstić information content (AvgIpc) is 3.33. The Bertz CT molecular complexity index is 1430. The smallest absolute Gasteiger partial charge is 0.253 e. The van der Waals surface area contributed by atoms with Crippen molar-refractivity contribution in [3.63, 3.8) is 0 Å². The van der Waals surface area contributed by atoms with Gasteiger partial charge in [0.2, 0.25) is 10.0 Å². The molecule has 1 N–H and O–H groups in total. The monoisotopic (exact) mass is 489 g/mol. The third-order valence-electron chi connectivity index (χ3n) is 6.40. The van der Waals surface area contributed by atoms with E-state index in [0.717, 1.165) is 29.5 Å². The van der Waals surface area contributed by atoms with Crippen LogP contribution in [0.3, 0.4) is 0 Å². The minimum Gasteiger partial charge on any atom is -0.440 e. The predicted molar refractivity (Wildman–Crippen MR) is 134 cm³/mol. The van der Waals surface area contributed by atoms with E-state index < -0.39 is 10.0 Å². The first-order valence-corrected chi connectivity index (χ1v) is 13.2. The molecule has 3 aromatic carbocycles. The zero-order valence-electron chi connectivity index (χ0n) is 19.5. The number of fused-ring (bicyclic) bond motifs is 1. The number of aryl methyl sites for hydroxylation is 1. The van der Waals surface area contributed by atoms with Gasteiger partial charge >= 0.3 is 0 Å². The average molecular weight is 490 g/mol. The molecule has 0 unspecified atom stereocenters. The number of benzene rings is 3. The summed E-state index contributed by atoms with van der Waals surface area (Å²) in [4.78, 5) is 19.9. The summed E-state index contributed by atoms with van der Waals surface area (Å²) in [6, 6.07) is 21.8. The summed E-state index contributed by atoms with van der Waals surface area (Å²) in [6.45, 7) is 3.00. The van der Waals surface area contributed by atoms with Crippen LogP contribution >= 0.6 is 0 Å². The van der Waals surface area contributed by atoms with E-state index in [0.29, 0.717) is 30.1 Å². The van der Waals surface area contributed by atoms with Crippen LogP contribution in [0.1, 0.15) is 46.1 Å². The van der Waals surface area contributed by atoms with Crippen LogP contribution in [0, 0.1) is 6.92 Å². The maximum absolute atomic E-state index is 13.4. The lowest BCUT2D eigenvalue weighted by molar-refractivity contribution is 0.0698. The highest BCUT2D eigenvalue weighted by Gasteiger charge is 2.29. The number of nitrogens with one attached hydrogen (secondary N) is 1. The van der Waals surface area contributed by atoms with Crippen LogP contribution in [0.4, 0.5) is 0 Å². The molecule has 1 amide bonds. The van der Waals surface area contributed by atoms with Crippen molar-refractivity contribution in [2.24, 2.45) is 0 Å². The SMILES string of the molecule is Cc1ccc(C(=O)N2CCC[C@@H](c3nc4ccccc4o3)C2)cc1S(=O)(=O)NCc1ccccc1. The van der Waals surface area contributed by atoms with Crippen LogP contribution in [-0.2, 0) is 16.6 Å². The van der Waals surface area contributed by atoms with Gasteiger partial charge < -0.3 is 9.32 Å². The highest BCUT2D eigenvalue weighted by molar-refractivity contribution is 7.89. The third-order valence-corrected chi connectivity index (χ3v) is 7.95. The van der Waals surface area contributed by atoms with Gasteiger partial charge in [-0.05, 0) is 55.2 Å². The van der Waals surface area contributed by atoms with Gasteiger partial charge in [-0.1, -0.05) is 48.5 Å². The number of rotatable bonds is 6. The van der Waals surface area contributed by atoms with Crippen LogP contribution in [0.2, 0.25) is 0 Å². The number of piperidine rings is 1. The van der Waals surface area contributed by atoms with E-state index >= 15 is 0 Å². The molecule has 1 atom stereocenters. The molecule has 180 valence electrons. The second kappa shape index (κ2) is 9.64. The van der Waals surface area contributed by atoms with Crippen LogP contribution in [0.25, 0.3) is 11.1 Å². The lowest BCUT2D eigenvalue weighted by Gasteiger charge is -2.31. The van der Waals surface area contributed by atoms with Gasteiger partial charge in [-0.15, -0.1) is 0 Å². The molecule has 1 aliphatic heterocycles. The quantitative estimate of drug-likeness (QED) is 0.426. The third kappa shape index (κ3) is 4.99. The number of para-hydroxylation sites is 2. The van der Waals surface area contributed by atoms with Gasteiger partial charge in [-0.25, -0.2) is 18.1 Å². The van der Waals surface area contributed by atoms with Crippen molar-refractivity contribution in [1.82, 2.24) is 14.6 Å². The van der Waals surface area contributed by atoms with E-state index in [-0.39, 0.29) is 23.3 Å². The van der Waals surface area contributed by atoms with E-state index in [1.807, 2.05) is 54.6 Å². The molecule has 1 fully saturated rings. The number of nitrogens with zero attached hydrogens (tertiary/aromatic N) is 2. The number of likely N-dealkylation sites (tertiary alicyclic amines) is 1. The maximum atomic E-state index is 13.4. The van der Waals surface area contributed by atoms with E-state index in [4.69, 9.17) is 4.42 Å². The number of carbonyl (C=O) groups is 1. The summed E-state index contributed by atoms with van der Waals surface area (Å²) in [5.74, 6) is 0.451. The normalized spacial score (nSPS) is 16.5. The Labute approximate surface area is 204 Å². The summed E-state index contributed by atoms with van der Waals surface area (Å²) in [6.07, 6.45) is 1.71. The molecule has 5 rings (SSSR count). The zero-order valence-corrected chi connectivity index (χ0v) is 20.3. The highest BCUT2D eigenvalue weighted by Crippen LogP contribution is 2.30. The molecule has 1 aromatic heterocycles. The van der Waals surface area contributed by atoms with Gasteiger partial charge in [-0.3, -0.25) is 4.79 Å². The summed E-state index contributed by atoms with van der Waals surface area (Å²) >= 11 is 0. The molecule has 1 aliphatic rings. The summed E-state index contributed by atoms with van der Waals surface area (Å²) in [5.41, 5.74) is 3.35.